The van der Waals surface area contributed by atoms with E-state index in [0.29, 0.717) is 6.04 Å². The van der Waals surface area contributed by atoms with Gasteiger partial charge in [0.05, 0.1) is 11.6 Å². The van der Waals surface area contributed by atoms with Crippen molar-refractivity contribution in [3.05, 3.63) is 35.4 Å². The van der Waals surface area contributed by atoms with Gasteiger partial charge in [0.25, 0.3) is 0 Å². The van der Waals surface area contributed by atoms with Gasteiger partial charge in [-0.2, -0.15) is 5.26 Å². The van der Waals surface area contributed by atoms with E-state index in [9.17, 15) is 0 Å². The van der Waals surface area contributed by atoms with Gasteiger partial charge in [0.15, 0.2) is 0 Å². The summed E-state index contributed by atoms with van der Waals surface area (Å²) >= 11 is 0. The van der Waals surface area contributed by atoms with E-state index in [0.717, 1.165) is 37.7 Å². The Hall–Kier alpha value is -0.790. The highest BCUT2D eigenvalue weighted by atomic mass is 35.5. The van der Waals surface area contributed by atoms with Crippen LogP contribution >= 0.6 is 24.8 Å². The SMILES string of the molecule is Cl.Cl.N#Cc1ccc([C@H](C2CCCC2)N2CCNCC2)cc1. The Bertz CT molecular complexity index is 472. The predicted octanol–water partition coefficient (Wildman–Crippen LogP) is 3.54. The second-order valence-corrected chi connectivity index (χ2v) is 6.01. The normalized spacial score (nSPS) is 20.5. The number of hydrogen-bond acceptors (Lipinski definition) is 3. The quantitative estimate of drug-likeness (QED) is 0.913. The van der Waals surface area contributed by atoms with Crippen molar-refractivity contribution in [2.24, 2.45) is 5.92 Å². The molecule has 0 amide bonds. The largest absolute Gasteiger partial charge is 0.314 e. The van der Waals surface area contributed by atoms with Crippen molar-refractivity contribution in [2.45, 2.75) is 31.7 Å². The molecule has 3 rings (SSSR count). The summed E-state index contributed by atoms with van der Waals surface area (Å²) < 4.78 is 0. The summed E-state index contributed by atoms with van der Waals surface area (Å²) in [4.78, 5) is 2.65. The van der Waals surface area contributed by atoms with Crippen LogP contribution in [0.3, 0.4) is 0 Å². The van der Waals surface area contributed by atoms with Gasteiger partial charge in [-0.3, -0.25) is 4.90 Å². The number of halogens is 2. The monoisotopic (exact) mass is 341 g/mol. The number of nitrogens with zero attached hydrogens (tertiary/aromatic N) is 2. The standard InChI is InChI=1S/C17H23N3.2ClH/c18-13-14-5-7-16(8-6-14)17(15-3-1-2-4-15)20-11-9-19-10-12-20;;/h5-8,15,17,19H,1-4,9-12H2;2*1H/t17-;;/m0../s1. The van der Waals surface area contributed by atoms with Gasteiger partial charge in [-0.1, -0.05) is 25.0 Å². The van der Waals surface area contributed by atoms with E-state index in [1.165, 1.54) is 31.2 Å². The van der Waals surface area contributed by atoms with Crippen molar-refractivity contribution >= 4 is 24.8 Å². The average molecular weight is 342 g/mol. The molecule has 1 N–H and O–H groups in total. The number of hydrogen-bond donors (Lipinski definition) is 1. The van der Waals surface area contributed by atoms with Gasteiger partial charge >= 0.3 is 0 Å². The van der Waals surface area contributed by atoms with E-state index in [1.807, 2.05) is 12.1 Å². The van der Waals surface area contributed by atoms with E-state index >= 15 is 0 Å². The maximum Gasteiger partial charge on any atom is 0.0991 e. The smallest absolute Gasteiger partial charge is 0.0991 e. The van der Waals surface area contributed by atoms with Crippen LogP contribution in [0, 0.1) is 17.2 Å². The zero-order chi connectivity index (χ0) is 13.8. The molecule has 22 heavy (non-hydrogen) atoms. The van der Waals surface area contributed by atoms with E-state index < -0.39 is 0 Å². The molecule has 0 unspecified atom stereocenters. The lowest BCUT2D eigenvalue weighted by Crippen LogP contribution is -2.46. The molecule has 1 saturated carbocycles. The number of nitriles is 1. The molecule has 0 radical (unpaired) electrons. The summed E-state index contributed by atoms with van der Waals surface area (Å²) in [6.45, 7) is 4.47. The molecule has 0 aromatic heterocycles. The van der Waals surface area contributed by atoms with Gasteiger partial charge in [-0.25, -0.2) is 0 Å². The molecule has 2 fully saturated rings. The van der Waals surface area contributed by atoms with Crippen LogP contribution in [-0.4, -0.2) is 31.1 Å². The second kappa shape index (κ2) is 9.37. The number of benzene rings is 1. The summed E-state index contributed by atoms with van der Waals surface area (Å²) in [6.07, 6.45) is 5.47. The molecule has 5 heteroatoms. The molecule has 122 valence electrons. The lowest BCUT2D eigenvalue weighted by atomic mass is 9.89. The Kier molecular flexibility index (Phi) is 8.20. The Balaban J connectivity index is 0.00000121. The minimum absolute atomic E-state index is 0. The predicted molar refractivity (Wildman–Crippen MR) is 94.8 cm³/mol. The fourth-order valence-electron chi connectivity index (χ4n) is 3.77. The highest BCUT2D eigenvalue weighted by Gasteiger charge is 2.31. The summed E-state index contributed by atoms with van der Waals surface area (Å²) in [7, 11) is 0. The summed E-state index contributed by atoms with van der Waals surface area (Å²) in [5, 5.41) is 12.4. The number of nitrogens with one attached hydrogen (secondary N) is 1. The lowest BCUT2D eigenvalue weighted by molar-refractivity contribution is 0.125. The molecule has 0 bridgehead atoms. The van der Waals surface area contributed by atoms with Gasteiger partial charge in [-0.15, -0.1) is 24.8 Å². The molecule has 0 spiro atoms. The van der Waals surface area contributed by atoms with Gasteiger partial charge < -0.3 is 5.32 Å². The fourth-order valence-corrected chi connectivity index (χ4v) is 3.77. The van der Waals surface area contributed by atoms with Crippen molar-refractivity contribution in [3.63, 3.8) is 0 Å². The van der Waals surface area contributed by atoms with Gasteiger partial charge in [0, 0.05) is 32.2 Å². The summed E-state index contributed by atoms with van der Waals surface area (Å²) in [5.74, 6) is 0.793. The fraction of sp³-hybridized carbons (Fsp3) is 0.588. The van der Waals surface area contributed by atoms with Crippen LogP contribution in [0.2, 0.25) is 0 Å². The highest BCUT2D eigenvalue weighted by molar-refractivity contribution is 5.85. The molecule has 2 aliphatic rings. The van der Waals surface area contributed by atoms with E-state index in [4.69, 9.17) is 5.26 Å². The third kappa shape index (κ3) is 4.36. The van der Waals surface area contributed by atoms with Crippen molar-refractivity contribution in [3.8, 4) is 6.07 Å². The Morgan fingerprint density at radius 2 is 1.64 bits per heavy atom. The maximum absolute atomic E-state index is 8.96. The van der Waals surface area contributed by atoms with Crippen LogP contribution < -0.4 is 5.32 Å². The second-order valence-electron chi connectivity index (χ2n) is 6.01. The van der Waals surface area contributed by atoms with Crippen LogP contribution in [-0.2, 0) is 0 Å². The third-order valence-electron chi connectivity index (χ3n) is 4.77. The molecule has 1 saturated heterocycles. The molecular weight excluding hydrogens is 317 g/mol. The van der Waals surface area contributed by atoms with E-state index in [-0.39, 0.29) is 24.8 Å². The zero-order valence-corrected chi connectivity index (χ0v) is 14.5. The first kappa shape index (κ1) is 19.3. The van der Waals surface area contributed by atoms with Gasteiger partial charge in [0.2, 0.25) is 0 Å². The molecule has 1 aromatic carbocycles. The van der Waals surface area contributed by atoms with Gasteiger partial charge in [0.1, 0.15) is 0 Å². The Morgan fingerprint density at radius 1 is 1.05 bits per heavy atom. The Labute approximate surface area is 145 Å². The highest BCUT2D eigenvalue weighted by Crippen LogP contribution is 2.39. The minimum atomic E-state index is 0. The van der Waals surface area contributed by atoms with E-state index in [2.05, 4.69) is 28.4 Å². The van der Waals surface area contributed by atoms with Gasteiger partial charge in [-0.05, 0) is 36.5 Å². The molecular formula is C17H25Cl2N3. The first-order valence-corrected chi connectivity index (χ1v) is 7.83. The molecule has 1 aliphatic carbocycles. The molecule has 3 nitrogen and oxygen atoms in total. The summed E-state index contributed by atoms with van der Waals surface area (Å²) in [5.41, 5.74) is 2.16. The maximum atomic E-state index is 8.96. The van der Waals surface area contributed by atoms with Crippen molar-refractivity contribution in [1.82, 2.24) is 10.2 Å². The molecule has 1 aliphatic heterocycles. The lowest BCUT2D eigenvalue weighted by Gasteiger charge is -2.38. The van der Waals surface area contributed by atoms with Crippen molar-refractivity contribution in [1.29, 1.82) is 5.26 Å². The molecule has 1 aromatic rings. The van der Waals surface area contributed by atoms with Crippen LogP contribution in [0.4, 0.5) is 0 Å². The minimum Gasteiger partial charge on any atom is -0.314 e. The topological polar surface area (TPSA) is 39.1 Å². The average Bonchev–Trinajstić information content (AvgIpc) is 3.03. The van der Waals surface area contributed by atoms with Crippen molar-refractivity contribution < 1.29 is 0 Å². The first-order valence-electron chi connectivity index (χ1n) is 7.83. The summed E-state index contributed by atoms with van der Waals surface area (Å²) in [6, 6.07) is 11.1. The van der Waals surface area contributed by atoms with Crippen LogP contribution in [0.25, 0.3) is 0 Å². The third-order valence-corrected chi connectivity index (χ3v) is 4.77. The molecule has 1 atom stereocenters. The zero-order valence-electron chi connectivity index (χ0n) is 12.8. The number of rotatable bonds is 3. The van der Waals surface area contributed by atoms with Crippen molar-refractivity contribution in [2.75, 3.05) is 26.2 Å². The van der Waals surface area contributed by atoms with E-state index in [1.54, 1.807) is 0 Å². The van der Waals surface area contributed by atoms with Crippen LogP contribution in [0.1, 0.15) is 42.9 Å². The molecule has 1 heterocycles. The van der Waals surface area contributed by atoms with Crippen LogP contribution in [0.15, 0.2) is 24.3 Å². The Morgan fingerprint density at radius 3 is 2.18 bits per heavy atom. The first-order chi connectivity index (χ1) is 9.88. The number of piperazine rings is 1. The van der Waals surface area contributed by atoms with Crippen LogP contribution in [0.5, 0.6) is 0 Å².